The summed E-state index contributed by atoms with van der Waals surface area (Å²) in [5.41, 5.74) is 0. The Balaban J connectivity index is 2.60. The van der Waals surface area contributed by atoms with Gasteiger partial charge in [0.15, 0.2) is 0 Å². The summed E-state index contributed by atoms with van der Waals surface area (Å²) in [6.45, 7) is 0. The van der Waals surface area contributed by atoms with Gasteiger partial charge in [0.2, 0.25) is 0 Å². The summed E-state index contributed by atoms with van der Waals surface area (Å²) in [5.74, 6) is -1.47. The van der Waals surface area contributed by atoms with Gasteiger partial charge in [-0.15, -0.1) is 0 Å². The molecule has 0 saturated heterocycles. The van der Waals surface area contributed by atoms with Crippen molar-refractivity contribution in [2.24, 2.45) is 11.8 Å². The van der Waals surface area contributed by atoms with Gasteiger partial charge >= 0.3 is 5.97 Å². The van der Waals surface area contributed by atoms with Gasteiger partial charge < -0.3 is 5.11 Å². The summed E-state index contributed by atoms with van der Waals surface area (Å²) in [5, 5.41) is 17.3. The van der Waals surface area contributed by atoms with Crippen LogP contribution in [0.15, 0.2) is 0 Å². The minimum Gasteiger partial charge on any atom is -0.481 e. The molecule has 1 fully saturated rings. The first kappa shape index (κ1) is 8.06. The number of carboxylic acids is 1. The molecule has 0 heterocycles. The fourth-order valence-corrected chi connectivity index (χ4v) is 1.58. The van der Waals surface area contributed by atoms with Crippen molar-refractivity contribution in [1.82, 2.24) is 0 Å². The van der Waals surface area contributed by atoms with Crippen LogP contribution >= 0.6 is 0 Å². The Bertz CT molecular complexity index is 195. The van der Waals surface area contributed by atoms with Crippen LogP contribution in [0.2, 0.25) is 0 Å². The predicted molar refractivity (Wildman–Crippen MR) is 38.7 cm³/mol. The van der Waals surface area contributed by atoms with Crippen molar-refractivity contribution in [3.63, 3.8) is 0 Å². The molecule has 3 heteroatoms. The molecule has 0 aliphatic heterocycles. The van der Waals surface area contributed by atoms with E-state index in [0.717, 1.165) is 19.3 Å². The second kappa shape index (κ2) is 3.38. The molecule has 1 saturated carbocycles. The molecule has 3 nitrogen and oxygen atoms in total. The largest absolute Gasteiger partial charge is 0.481 e. The summed E-state index contributed by atoms with van der Waals surface area (Å²) in [4.78, 5) is 10.6. The molecule has 0 bridgehead atoms. The van der Waals surface area contributed by atoms with Crippen LogP contribution < -0.4 is 0 Å². The number of aliphatic carboxylic acids is 1. The van der Waals surface area contributed by atoms with Gasteiger partial charge in [0.1, 0.15) is 0 Å². The van der Waals surface area contributed by atoms with Crippen LogP contribution in [0.4, 0.5) is 0 Å². The van der Waals surface area contributed by atoms with Crippen molar-refractivity contribution in [3.8, 4) is 6.07 Å². The van der Waals surface area contributed by atoms with Crippen LogP contribution in [-0.4, -0.2) is 11.1 Å². The van der Waals surface area contributed by atoms with Gasteiger partial charge in [-0.05, 0) is 12.8 Å². The van der Waals surface area contributed by atoms with E-state index >= 15 is 0 Å². The molecule has 2 atom stereocenters. The molecule has 0 spiro atoms. The Labute approximate surface area is 65.6 Å². The minimum atomic E-state index is -0.809. The third-order valence-corrected chi connectivity index (χ3v) is 2.25. The van der Waals surface area contributed by atoms with Crippen LogP contribution in [-0.2, 0) is 4.79 Å². The molecular weight excluding hydrogens is 142 g/mol. The molecule has 11 heavy (non-hydrogen) atoms. The van der Waals surface area contributed by atoms with E-state index in [-0.39, 0.29) is 5.92 Å². The van der Waals surface area contributed by atoms with Crippen molar-refractivity contribution in [2.45, 2.75) is 25.7 Å². The van der Waals surface area contributed by atoms with Gasteiger partial charge in [0, 0.05) is 0 Å². The topological polar surface area (TPSA) is 61.1 Å². The minimum absolute atomic E-state index is 0.249. The van der Waals surface area contributed by atoms with Crippen LogP contribution in [0, 0.1) is 23.2 Å². The summed E-state index contributed by atoms with van der Waals surface area (Å²) in [6, 6.07) is 2.05. The summed E-state index contributed by atoms with van der Waals surface area (Å²) in [7, 11) is 0. The fraction of sp³-hybridized carbons (Fsp3) is 0.750. The van der Waals surface area contributed by atoms with Crippen molar-refractivity contribution >= 4 is 5.97 Å². The first-order valence-corrected chi connectivity index (χ1v) is 3.88. The molecule has 0 unspecified atom stereocenters. The monoisotopic (exact) mass is 153 g/mol. The van der Waals surface area contributed by atoms with E-state index in [9.17, 15) is 4.79 Å². The Morgan fingerprint density at radius 1 is 1.45 bits per heavy atom. The Morgan fingerprint density at radius 2 is 2.09 bits per heavy atom. The second-order valence-electron chi connectivity index (χ2n) is 2.96. The molecule has 1 aliphatic carbocycles. The third-order valence-electron chi connectivity index (χ3n) is 2.25. The number of hydrogen-bond acceptors (Lipinski definition) is 2. The summed E-state index contributed by atoms with van der Waals surface area (Å²) < 4.78 is 0. The third kappa shape index (κ3) is 1.70. The van der Waals surface area contributed by atoms with Crippen LogP contribution in [0.5, 0.6) is 0 Å². The van der Waals surface area contributed by atoms with Gasteiger partial charge in [0.25, 0.3) is 0 Å². The zero-order chi connectivity index (χ0) is 8.27. The quantitative estimate of drug-likeness (QED) is 0.619. The molecule has 0 radical (unpaired) electrons. The molecule has 0 aromatic heterocycles. The lowest BCUT2D eigenvalue weighted by molar-refractivity contribution is -0.144. The average Bonchev–Trinajstić information content (AvgIpc) is 2.04. The Hall–Kier alpha value is -1.04. The van der Waals surface area contributed by atoms with E-state index in [1.54, 1.807) is 0 Å². The van der Waals surface area contributed by atoms with E-state index in [2.05, 4.69) is 6.07 Å². The molecule has 1 N–H and O–H groups in total. The van der Waals surface area contributed by atoms with Gasteiger partial charge in [-0.3, -0.25) is 4.79 Å². The molecule has 1 rings (SSSR count). The lowest BCUT2D eigenvalue weighted by atomic mass is 9.80. The van der Waals surface area contributed by atoms with Gasteiger partial charge in [0.05, 0.1) is 17.9 Å². The van der Waals surface area contributed by atoms with Crippen molar-refractivity contribution in [3.05, 3.63) is 0 Å². The van der Waals surface area contributed by atoms with Gasteiger partial charge in [-0.1, -0.05) is 12.8 Å². The highest BCUT2D eigenvalue weighted by molar-refractivity contribution is 5.70. The van der Waals surface area contributed by atoms with E-state index < -0.39 is 11.9 Å². The maximum absolute atomic E-state index is 10.6. The highest BCUT2D eigenvalue weighted by Gasteiger charge is 2.30. The first-order valence-electron chi connectivity index (χ1n) is 3.88. The number of carboxylic acid groups (broad SMARTS) is 1. The molecule has 1 aliphatic rings. The highest BCUT2D eigenvalue weighted by Crippen LogP contribution is 2.29. The highest BCUT2D eigenvalue weighted by atomic mass is 16.4. The normalized spacial score (nSPS) is 30.8. The molecule has 0 aromatic carbocycles. The van der Waals surface area contributed by atoms with Gasteiger partial charge in [-0.2, -0.15) is 5.26 Å². The molecule has 0 aromatic rings. The Morgan fingerprint density at radius 3 is 2.55 bits per heavy atom. The van der Waals surface area contributed by atoms with E-state index in [4.69, 9.17) is 10.4 Å². The van der Waals surface area contributed by atoms with E-state index in [1.165, 1.54) is 0 Å². The SMILES string of the molecule is N#C[C@H]1CCCC[C@@H]1C(=O)O. The van der Waals surface area contributed by atoms with Crippen LogP contribution in [0.3, 0.4) is 0 Å². The standard InChI is InChI=1S/C8H11NO2/c9-5-6-3-1-2-4-7(6)8(10)11/h6-7H,1-4H2,(H,10,11)/t6-,7+/m1/s1. The zero-order valence-corrected chi connectivity index (χ0v) is 6.29. The number of nitriles is 1. The number of hydrogen-bond donors (Lipinski definition) is 1. The Kier molecular flexibility index (Phi) is 2.48. The fourth-order valence-electron chi connectivity index (χ4n) is 1.58. The zero-order valence-electron chi connectivity index (χ0n) is 6.29. The van der Waals surface area contributed by atoms with Crippen LogP contribution in [0.25, 0.3) is 0 Å². The predicted octanol–water partition coefficient (Wildman–Crippen LogP) is 1.40. The first-order chi connectivity index (χ1) is 5.25. The molecule has 0 amide bonds. The van der Waals surface area contributed by atoms with Crippen molar-refractivity contribution in [2.75, 3.05) is 0 Å². The van der Waals surface area contributed by atoms with Crippen molar-refractivity contribution < 1.29 is 9.90 Å². The van der Waals surface area contributed by atoms with Crippen LogP contribution in [0.1, 0.15) is 25.7 Å². The lowest BCUT2D eigenvalue weighted by Gasteiger charge is -2.22. The summed E-state index contributed by atoms with van der Waals surface area (Å²) in [6.07, 6.45) is 3.39. The maximum Gasteiger partial charge on any atom is 0.307 e. The number of rotatable bonds is 1. The number of carbonyl (C=O) groups is 1. The van der Waals surface area contributed by atoms with Crippen molar-refractivity contribution in [1.29, 1.82) is 5.26 Å². The number of nitrogens with zero attached hydrogens (tertiary/aromatic N) is 1. The second-order valence-corrected chi connectivity index (χ2v) is 2.96. The lowest BCUT2D eigenvalue weighted by Crippen LogP contribution is -2.25. The molecule has 60 valence electrons. The van der Waals surface area contributed by atoms with E-state index in [0.29, 0.717) is 6.42 Å². The summed E-state index contributed by atoms with van der Waals surface area (Å²) >= 11 is 0. The smallest absolute Gasteiger partial charge is 0.307 e. The van der Waals surface area contributed by atoms with Gasteiger partial charge in [-0.25, -0.2) is 0 Å². The molecular formula is C8H11NO2. The van der Waals surface area contributed by atoms with E-state index in [1.807, 2.05) is 0 Å². The average molecular weight is 153 g/mol. The maximum atomic E-state index is 10.6.